The quantitative estimate of drug-likeness (QED) is 0.469. The Bertz CT molecular complexity index is 998. The Labute approximate surface area is 207 Å². The normalized spacial score (nSPS) is 25.3. The lowest BCUT2D eigenvalue weighted by Crippen LogP contribution is -2.68. The zero-order valence-electron chi connectivity index (χ0n) is 22.1. The van der Waals surface area contributed by atoms with Gasteiger partial charge in [-0.2, -0.15) is 0 Å². The van der Waals surface area contributed by atoms with Crippen LogP contribution in [0.25, 0.3) is 5.76 Å². The summed E-state index contributed by atoms with van der Waals surface area (Å²) in [5.41, 5.74) is 3.16. The van der Waals surface area contributed by atoms with Crippen LogP contribution in [0.15, 0.2) is 12.6 Å². The number of ether oxygens (including phenoxy) is 1. The van der Waals surface area contributed by atoms with Gasteiger partial charge in [0.15, 0.2) is 5.82 Å². The number of nitrogens with two attached hydrogens (primary N) is 1. The number of aromatic nitrogens is 1. The standard InChI is InChI=1S/C26H40FN3O5/c1-10-35-15(3)16-11-19(28)29-17(20(16)27)12-26(22(31)32)18(24(4,5)6)13-30(23(33)34)14(2)21(26)25(7,8)9/h11,14,18,21H,3,10,12-13H2,1-2,4-9H3,(H2,28,29)(H,31,32)(H,33,34)/t14-,18?,21?,26-/m1/s1. The lowest BCUT2D eigenvalue weighted by Gasteiger charge is -2.60. The fourth-order valence-electron chi connectivity index (χ4n) is 6.19. The van der Waals surface area contributed by atoms with E-state index in [2.05, 4.69) is 11.6 Å². The van der Waals surface area contributed by atoms with Crippen LogP contribution in [-0.4, -0.2) is 51.4 Å². The summed E-state index contributed by atoms with van der Waals surface area (Å²) in [6.45, 7) is 18.8. The molecule has 1 saturated heterocycles. The molecule has 1 aliphatic heterocycles. The average Bonchev–Trinajstić information content (AvgIpc) is 2.68. The summed E-state index contributed by atoms with van der Waals surface area (Å²) in [6.07, 6.45) is -1.36. The first kappa shape index (κ1) is 28.4. The molecule has 4 N–H and O–H groups in total. The molecule has 8 nitrogen and oxygen atoms in total. The lowest BCUT2D eigenvalue weighted by molar-refractivity contribution is -0.184. The Morgan fingerprint density at radius 1 is 1.26 bits per heavy atom. The van der Waals surface area contributed by atoms with E-state index in [0.29, 0.717) is 0 Å². The molecule has 1 fully saturated rings. The van der Waals surface area contributed by atoms with Crippen LogP contribution in [0.3, 0.4) is 0 Å². The predicted molar refractivity (Wildman–Crippen MR) is 133 cm³/mol. The SMILES string of the molecule is C=C(OCC)c1cc(N)nc(C[C@@]2(C(=O)O)C(C(C)(C)C)CN(C(=O)O)[C@H](C)C2C(C)(C)C)c1F. The molecule has 0 spiro atoms. The number of carbonyl (C=O) groups is 2. The van der Waals surface area contributed by atoms with E-state index in [1.165, 1.54) is 11.0 Å². The van der Waals surface area contributed by atoms with Crippen LogP contribution in [-0.2, 0) is 16.0 Å². The van der Waals surface area contributed by atoms with Crippen molar-refractivity contribution in [1.82, 2.24) is 9.88 Å². The van der Waals surface area contributed by atoms with Gasteiger partial charge in [0.05, 0.1) is 23.3 Å². The molecule has 1 amide bonds. The minimum atomic E-state index is -1.53. The molecule has 1 aliphatic rings. The van der Waals surface area contributed by atoms with Crippen molar-refractivity contribution in [2.75, 3.05) is 18.9 Å². The number of anilines is 1. The Balaban J connectivity index is 2.88. The maximum absolute atomic E-state index is 15.8. The second-order valence-electron chi connectivity index (χ2n) is 11.7. The lowest BCUT2D eigenvalue weighted by atomic mass is 9.48. The number of rotatable bonds is 6. The molecule has 4 atom stereocenters. The van der Waals surface area contributed by atoms with Crippen molar-refractivity contribution >= 4 is 23.6 Å². The highest BCUT2D eigenvalue weighted by atomic mass is 19.1. The number of amides is 1. The topological polar surface area (TPSA) is 126 Å². The second kappa shape index (κ2) is 9.66. The Hall–Kier alpha value is -2.84. The first-order chi connectivity index (χ1) is 15.9. The Morgan fingerprint density at radius 2 is 1.83 bits per heavy atom. The summed E-state index contributed by atoms with van der Waals surface area (Å²) in [7, 11) is 0. The number of halogens is 1. The number of likely N-dealkylation sites (tertiary alicyclic amines) is 1. The molecule has 1 aromatic rings. The number of hydrogen-bond donors (Lipinski definition) is 3. The van der Waals surface area contributed by atoms with Gasteiger partial charge in [-0.15, -0.1) is 0 Å². The number of carboxylic acids is 1. The number of nitrogens with zero attached hydrogens (tertiary/aromatic N) is 2. The molecule has 35 heavy (non-hydrogen) atoms. The van der Waals surface area contributed by atoms with E-state index in [1.54, 1.807) is 13.8 Å². The van der Waals surface area contributed by atoms with Crippen LogP contribution in [0.5, 0.6) is 0 Å². The van der Waals surface area contributed by atoms with Gasteiger partial charge in [-0.25, -0.2) is 14.2 Å². The zero-order chi connectivity index (χ0) is 27.1. The zero-order valence-corrected chi connectivity index (χ0v) is 22.1. The third-order valence-corrected chi connectivity index (χ3v) is 7.28. The second-order valence-corrected chi connectivity index (χ2v) is 11.7. The van der Waals surface area contributed by atoms with Gasteiger partial charge in [-0.3, -0.25) is 4.79 Å². The molecule has 0 saturated carbocycles. The van der Waals surface area contributed by atoms with Crippen molar-refractivity contribution in [2.45, 2.75) is 67.9 Å². The highest BCUT2D eigenvalue weighted by Crippen LogP contribution is 2.58. The highest BCUT2D eigenvalue weighted by Gasteiger charge is 2.64. The molecule has 2 unspecified atom stereocenters. The monoisotopic (exact) mass is 493 g/mol. The average molecular weight is 494 g/mol. The number of aliphatic carboxylic acids is 1. The van der Waals surface area contributed by atoms with E-state index in [1.807, 2.05) is 41.5 Å². The largest absolute Gasteiger partial charge is 0.494 e. The molecule has 0 aliphatic carbocycles. The molecule has 0 aromatic carbocycles. The van der Waals surface area contributed by atoms with Crippen LogP contribution in [0.2, 0.25) is 0 Å². The van der Waals surface area contributed by atoms with E-state index in [-0.39, 0.29) is 42.4 Å². The van der Waals surface area contributed by atoms with E-state index in [4.69, 9.17) is 10.5 Å². The molecule has 2 heterocycles. The molecule has 1 aromatic heterocycles. The predicted octanol–water partition coefficient (Wildman–Crippen LogP) is 5.13. The number of piperidine rings is 1. The fourth-order valence-corrected chi connectivity index (χ4v) is 6.19. The van der Waals surface area contributed by atoms with Gasteiger partial charge in [0.25, 0.3) is 0 Å². The van der Waals surface area contributed by atoms with Crippen LogP contribution < -0.4 is 5.73 Å². The van der Waals surface area contributed by atoms with Crippen molar-refractivity contribution in [3.8, 4) is 0 Å². The van der Waals surface area contributed by atoms with Crippen molar-refractivity contribution in [1.29, 1.82) is 0 Å². The number of nitrogen functional groups attached to an aromatic ring is 1. The third-order valence-electron chi connectivity index (χ3n) is 7.28. The molecular weight excluding hydrogens is 453 g/mol. The molecular formula is C26H40FN3O5. The number of carboxylic acid groups (broad SMARTS) is 2. The molecule has 2 rings (SSSR count). The minimum absolute atomic E-state index is 0.00132. The van der Waals surface area contributed by atoms with Gasteiger partial charge >= 0.3 is 12.1 Å². The number of hydrogen-bond acceptors (Lipinski definition) is 5. The van der Waals surface area contributed by atoms with Crippen LogP contribution in [0, 0.1) is 33.9 Å². The van der Waals surface area contributed by atoms with Gasteiger partial charge in [-0.1, -0.05) is 48.1 Å². The van der Waals surface area contributed by atoms with Crippen molar-refractivity contribution in [2.24, 2.45) is 28.1 Å². The summed E-state index contributed by atoms with van der Waals surface area (Å²) in [4.78, 5) is 31.1. The van der Waals surface area contributed by atoms with Crippen molar-refractivity contribution < 1.29 is 28.9 Å². The molecule has 0 bridgehead atoms. The van der Waals surface area contributed by atoms with Gasteiger partial charge in [0, 0.05) is 24.9 Å². The van der Waals surface area contributed by atoms with Crippen molar-refractivity contribution in [3.05, 3.63) is 29.7 Å². The summed E-state index contributed by atoms with van der Waals surface area (Å²) < 4.78 is 21.2. The maximum atomic E-state index is 15.8. The molecule has 9 heteroatoms. The van der Waals surface area contributed by atoms with Gasteiger partial charge in [-0.05, 0) is 36.7 Å². The first-order valence-electron chi connectivity index (χ1n) is 11.9. The third kappa shape index (κ3) is 5.23. The molecule has 196 valence electrons. The summed E-state index contributed by atoms with van der Waals surface area (Å²) in [6, 6.07) is 0.687. The van der Waals surface area contributed by atoms with Crippen LogP contribution in [0.1, 0.15) is 66.6 Å². The van der Waals surface area contributed by atoms with Crippen LogP contribution >= 0.6 is 0 Å². The van der Waals surface area contributed by atoms with E-state index in [9.17, 15) is 19.8 Å². The van der Waals surface area contributed by atoms with E-state index in [0.717, 1.165) is 0 Å². The summed E-state index contributed by atoms with van der Waals surface area (Å²) >= 11 is 0. The Morgan fingerprint density at radius 3 is 2.26 bits per heavy atom. The van der Waals surface area contributed by atoms with Gasteiger partial charge in [0.2, 0.25) is 0 Å². The van der Waals surface area contributed by atoms with Gasteiger partial charge < -0.3 is 25.6 Å². The van der Waals surface area contributed by atoms with E-state index >= 15 is 4.39 Å². The minimum Gasteiger partial charge on any atom is -0.494 e. The van der Waals surface area contributed by atoms with Crippen molar-refractivity contribution in [3.63, 3.8) is 0 Å². The van der Waals surface area contributed by atoms with Gasteiger partial charge in [0.1, 0.15) is 11.6 Å². The van der Waals surface area contributed by atoms with E-state index < -0.39 is 52.0 Å². The molecule has 0 radical (unpaired) electrons. The summed E-state index contributed by atoms with van der Waals surface area (Å²) in [5, 5.41) is 20.9. The number of pyridine rings is 1. The smallest absolute Gasteiger partial charge is 0.407 e. The maximum Gasteiger partial charge on any atom is 0.407 e. The first-order valence-corrected chi connectivity index (χ1v) is 11.9. The highest BCUT2D eigenvalue weighted by molar-refractivity contribution is 5.78. The fraction of sp³-hybridized carbons (Fsp3) is 0.654. The Kier molecular flexibility index (Phi) is 7.84. The summed E-state index contributed by atoms with van der Waals surface area (Å²) in [5.74, 6) is -3.05. The van der Waals surface area contributed by atoms with Crippen LogP contribution in [0.4, 0.5) is 15.0 Å².